The first kappa shape index (κ1) is 36.2. The summed E-state index contributed by atoms with van der Waals surface area (Å²) in [7, 11) is 0. The molecule has 1 aromatic heterocycles. The molecule has 11 aromatic rings. The summed E-state index contributed by atoms with van der Waals surface area (Å²) < 4.78 is 6.76. The van der Waals surface area contributed by atoms with Crippen LogP contribution in [0.25, 0.3) is 89.1 Å². The van der Waals surface area contributed by atoms with Crippen LogP contribution in [0.5, 0.6) is 11.5 Å². The highest BCUT2D eigenvalue weighted by Gasteiger charge is 2.51. The van der Waals surface area contributed by atoms with Crippen molar-refractivity contribution in [1.29, 1.82) is 0 Å². The minimum atomic E-state index is -0.708. The summed E-state index contributed by atoms with van der Waals surface area (Å²) in [4.78, 5) is 15.6. The number of nitrogens with zero attached hydrogens (tertiary/aromatic N) is 3. The van der Waals surface area contributed by atoms with E-state index in [2.05, 4.69) is 200 Å². The molecule has 0 unspecified atom stereocenters. The zero-order valence-electron chi connectivity index (χ0n) is 34.6. The highest BCUT2D eigenvalue weighted by Crippen LogP contribution is 2.63. The highest BCUT2D eigenvalue weighted by molar-refractivity contribution is 6.14. The second-order valence-corrected chi connectivity index (χ2v) is 16.7. The average Bonchev–Trinajstić information content (AvgIpc) is 3.65. The third-order valence-corrected chi connectivity index (χ3v) is 13.2. The quantitative estimate of drug-likeness (QED) is 0.162. The average molecular weight is 816 g/mol. The van der Waals surface area contributed by atoms with E-state index in [1.807, 2.05) is 24.3 Å². The number of benzene rings is 10. The van der Waals surface area contributed by atoms with Gasteiger partial charge in [-0.05, 0) is 96.4 Å². The van der Waals surface area contributed by atoms with Crippen LogP contribution in [0.2, 0.25) is 0 Å². The summed E-state index contributed by atoms with van der Waals surface area (Å²) >= 11 is 0. The standard InChI is InChI=1S/C60H37N3O/c1-3-15-38(16-4-1)39-27-29-41(30-28-39)58-61-57(40-17-5-2-6-18-40)62-59(63-58)44-32-34-49-48-33-31-43(50-35-42-19-7-8-20-45(42)46-21-9-10-22-47(46)50)36-53(48)60(54(49)37-44)51-23-11-13-25-55(51)64-56-26-14-12-24-52(56)60/h1-37H. The largest absolute Gasteiger partial charge is 0.457 e. The van der Waals surface area contributed by atoms with Crippen molar-refractivity contribution in [3.05, 3.63) is 247 Å². The molecule has 1 aliphatic heterocycles. The molecule has 1 spiro atoms. The number of fused-ring (bicyclic) bond motifs is 12. The number of rotatable bonds is 5. The summed E-state index contributed by atoms with van der Waals surface area (Å²) in [5, 5.41) is 4.96. The predicted octanol–water partition coefficient (Wildman–Crippen LogP) is 15.0. The maximum absolute atomic E-state index is 6.76. The summed E-state index contributed by atoms with van der Waals surface area (Å²) in [5.74, 6) is 3.55. The second-order valence-electron chi connectivity index (χ2n) is 16.7. The Labute approximate surface area is 370 Å². The van der Waals surface area contributed by atoms with Gasteiger partial charge in [-0.3, -0.25) is 0 Å². The first-order valence-corrected chi connectivity index (χ1v) is 21.8. The fraction of sp³-hybridized carbons (Fsp3) is 0.0167. The predicted molar refractivity (Wildman–Crippen MR) is 259 cm³/mol. The van der Waals surface area contributed by atoms with Crippen LogP contribution in [0.1, 0.15) is 22.3 Å². The monoisotopic (exact) mass is 815 g/mol. The van der Waals surface area contributed by atoms with Gasteiger partial charge in [-0.25, -0.2) is 15.0 Å². The van der Waals surface area contributed by atoms with Crippen LogP contribution in [0.15, 0.2) is 224 Å². The molecule has 0 saturated carbocycles. The fourth-order valence-corrected chi connectivity index (χ4v) is 10.3. The molecule has 0 bridgehead atoms. The SMILES string of the molecule is c1ccc(-c2ccc(-c3nc(-c4ccccc4)nc(-c4ccc5c(c4)C4(c6ccccc6Oc6ccccc64)c4cc(-c6cc7ccccc7c7ccccc67)ccc4-5)n3)cc2)cc1. The van der Waals surface area contributed by atoms with Crippen LogP contribution >= 0.6 is 0 Å². The van der Waals surface area contributed by atoms with Gasteiger partial charge in [0.2, 0.25) is 0 Å². The molecule has 2 heterocycles. The Hall–Kier alpha value is -8.47. The number of hydrogen-bond donors (Lipinski definition) is 0. The lowest BCUT2D eigenvalue weighted by Crippen LogP contribution is -2.32. The fourth-order valence-electron chi connectivity index (χ4n) is 10.3. The molecule has 0 fully saturated rings. The van der Waals surface area contributed by atoms with Crippen molar-refractivity contribution in [3.63, 3.8) is 0 Å². The Morgan fingerprint density at radius 2 is 0.719 bits per heavy atom. The zero-order valence-corrected chi connectivity index (χ0v) is 34.6. The van der Waals surface area contributed by atoms with Crippen LogP contribution in [0, 0.1) is 0 Å². The molecule has 13 rings (SSSR count). The molecule has 1 aliphatic carbocycles. The van der Waals surface area contributed by atoms with Crippen molar-refractivity contribution >= 4 is 21.5 Å². The number of hydrogen-bond acceptors (Lipinski definition) is 4. The lowest BCUT2D eigenvalue weighted by Gasteiger charge is -2.39. The van der Waals surface area contributed by atoms with Crippen molar-refractivity contribution in [2.45, 2.75) is 5.41 Å². The van der Waals surface area contributed by atoms with Crippen LogP contribution in [0.4, 0.5) is 0 Å². The van der Waals surface area contributed by atoms with E-state index in [0.717, 1.165) is 50.4 Å². The molecule has 4 heteroatoms. The molecule has 10 aromatic carbocycles. The first-order valence-electron chi connectivity index (χ1n) is 21.8. The maximum Gasteiger partial charge on any atom is 0.164 e. The lowest BCUT2D eigenvalue weighted by atomic mass is 9.65. The van der Waals surface area contributed by atoms with E-state index in [9.17, 15) is 0 Å². The van der Waals surface area contributed by atoms with Crippen molar-refractivity contribution in [3.8, 4) is 79.0 Å². The van der Waals surface area contributed by atoms with Gasteiger partial charge in [0.1, 0.15) is 11.5 Å². The van der Waals surface area contributed by atoms with Crippen molar-refractivity contribution in [2.75, 3.05) is 0 Å². The Kier molecular flexibility index (Phi) is 8.09. The Bertz CT molecular complexity index is 3590. The summed E-state index contributed by atoms with van der Waals surface area (Å²) in [5.41, 5.74) is 13.7. The summed E-state index contributed by atoms with van der Waals surface area (Å²) in [6.45, 7) is 0. The van der Waals surface area contributed by atoms with E-state index in [1.165, 1.54) is 54.9 Å². The van der Waals surface area contributed by atoms with Gasteiger partial charge < -0.3 is 4.74 Å². The number of ether oxygens (including phenoxy) is 1. The van der Waals surface area contributed by atoms with E-state index in [-0.39, 0.29) is 0 Å². The molecule has 0 amide bonds. The van der Waals surface area contributed by atoms with Crippen LogP contribution in [0.3, 0.4) is 0 Å². The molecule has 0 radical (unpaired) electrons. The first-order chi connectivity index (χ1) is 31.7. The van der Waals surface area contributed by atoms with Gasteiger partial charge in [-0.1, -0.05) is 194 Å². The Morgan fingerprint density at radius 1 is 0.281 bits per heavy atom. The molecular formula is C60H37N3O. The maximum atomic E-state index is 6.76. The van der Waals surface area contributed by atoms with E-state index in [1.54, 1.807) is 0 Å². The van der Waals surface area contributed by atoms with Crippen LogP contribution in [-0.4, -0.2) is 15.0 Å². The second kappa shape index (κ2) is 14.3. The third kappa shape index (κ3) is 5.52. The molecule has 0 N–H and O–H groups in total. The van der Waals surface area contributed by atoms with Gasteiger partial charge in [-0.2, -0.15) is 0 Å². The van der Waals surface area contributed by atoms with Crippen molar-refractivity contribution in [2.24, 2.45) is 0 Å². The molecule has 64 heavy (non-hydrogen) atoms. The minimum absolute atomic E-state index is 0.613. The zero-order chi connectivity index (χ0) is 42.2. The highest BCUT2D eigenvalue weighted by atomic mass is 16.5. The van der Waals surface area contributed by atoms with Crippen LogP contribution in [-0.2, 0) is 5.41 Å². The lowest BCUT2D eigenvalue weighted by molar-refractivity contribution is 0.436. The Balaban J connectivity index is 1.04. The van der Waals surface area contributed by atoms with E-state index >= 15 is 0 Å². The minimum Gasteiger partial charge on any atom is -0.457 e. The van der Waals surface area contributed by atoms with E-state index in [4.69, 9.17) is 19.7 Å². The molecule has 0 atom stereocenters. The van der Waals surface area contributed by atoms with Gasteiger partial charge >= 0.3 is 0 Å². The smallest absolute Gasteiger partial charge is 0.164 e. The van der Waals surface area contributed by atoms with Gasteiger partial charge in [0.15, 0.2) is 17.5 Å². The van der Waals surface area contributed by atoms with Crippen molar-refractivity contribution < 1.29 is 4.74 Å². The van der Waals surface area contributed by atoms with Gasteiger partial charge in [0, 0.05) is 27.8 Å². The Morgan fingerprint density at radius 3 is 1.38 bits per heavy atom. The van der Waals surface area contributed by atoms with Crippen molar-refractivity contribution in [1.82, 2.24) is 15.0 Å². The third-order valence-electron chi connectivity index (χ3n) is 13.2. The normalized spacial score (nSPS) is 12.9. The van der Waals surface area contributed by atoms with Gasteiger partial charge in [-0.15, -0.1) is 0 Å². The molecule has 2 aliphatic rings. The van der Waals surface area contributed by atoms with Crippen LogP contribution < -0.4 is 4.74 Å². The summed E-state index contributed by atoms with van der Waals surface area (Å²) in [6.07, 6.45) is 0. The van der Waals surface area contributed by atoms with E-state index < -0.39 is 5.41 Å². The molecule has 0 saturated heterocycles. The molecular weight excluding hydrogens is 779 g/mol. The number of para-hydroxylation sites is 2. The van der Waals surface area contributed by atoms with E-state index in [0.29, 0.717) is 17.5 Å². The topological polar surface area (TPSA) is 47.9 Å². The molecule has 298 valence electrons. The van der Waals surface area contributed by atoms with Gasteiger partial charge in [0.25, 0.3) is 0 Å². The number of aromatic nitrogens is 3. The molecule has 4 nitrogen and oxygen atoms in total. The van der Waals surface area contributed by atoms with Gasteiger partial charge in [0.05, 0.1) is 5.41 Å². The summed E-state index contributed by atoms with van der Waals surface area (Å²) in [6, 6.07) is 79.9.